The second-order valence-electron chi connectivity index (χ2n) is 6.00. The summed E-state index contributed by atoms with van der Waals surface area (Å²) < 4.78 is 31.2. The molecule has 1 atom stereocenters. The second kappa shape index (κ2) is 6.14. The first-order valence-electron chi connectivity index (χ1n) is 7.82. The maximum Gasteiger partial charge on any atom is 0.214 e. The first-order chi connectivity index (χ1) is 10.6. The third kappa shape index (κ3) is 2.98. The van der Waals surface area contributed by atoms with Gasteiger partial charge in [-0.25, -0.2) is 13.4 Å². The predicted octanol–water partition coefficient (Wildman–Crippen LogP) is 1.32. The molecule has 1 aromatic rings. The van der Waals surface area contributed by atoms with Crippen LogP contribution in [0.2, 0.25) is 0 Å². The van der Waals surface area contributed by atoms with E-state index in [1.165, 1.54) is 0 Å². The van der Waals surface area contributed by atoms with Crippen LogP contribution in [0.4, 0.5) is 5.82 Å². The Morgan fingerprint density at radius 3 is 2.95 bits per heavy atom. The smallest absolute Gasteiger partial charge is 0.214 e. The minimum absolute atomic E-state index is 0.162. The number of nitrogens with zero attached hydrogens (tertiary/aromatic N) is 2. The molecule has 22 heavy (non-hydrogen) atoms. The van der Waals surface area contributed by atoms with Gasteiger partial charge < -0.3 is 10.1 Å². The zero-order valence-corrected chi connectivity index (χ0v) is 13.7. The van der Waals surface area contributed by atoms with Gasteiger partial charge in [0, 0.05) is 32.4 Å². The van der Waals surface area contributed by atoms with Gasteiger partial charge in [-0.2, -0.15) is 4.31 Å². The molecule has 2 saturated heterocycles. The monoisotopic (exact) mass is 325 g/mol. The summed E-state index contributed by atoms with van der Waals surface area (Å²) in [6.07, 6.45) is 3.74. The van der Waals surface area contributed by atoms with Gasteiger partial charge in [0.15, 0.2) is 0 Å². The fraction of sp³-hybridized carbons (Fsp3) is 0.667. The molecule has 2 fully saturated rings. The van der Waals surface area contributed by atoms with Crippen LogP contribution in [0.25, 0.3) is 0 Å². The lowest BCUT2D eigenvalue weighted by molar-refractivity contribution is -0.102. The van der Waals surface area contributed by atoms with Crippen LogP contribution < -0.4 is 5.32 Å². The van der Waals surface area contributed by atoms with Crippen LogP contribution in [0.1, 0.15) is 19.8 Å². The van der Waals surface area contributed by atoms with E-state index in [0.717, 1.165) is 31.8 Å². The van der Waals surface area contributed by atoms with E-state index >= 15 is 0 Å². The Labute approximate surface area is 131 Å². The van der Waals surface area contributed by atoms with Crippen molar-refractivity contribution in [1.29, 1.82) is 0 Å². The summed E-state index contributed by atoms with van der Waals surface area (Å²) in [4.78, 5) is 4.24. The van der Waals surface area contributed by atoms with Gasteiger partial charge in [0.25, 0.3) is 0 Å². The fourth-order valence-corrected chi connectivity index (χ4v) is 4.51. The molecule has 6 nitrogen and oxygen atoms in total. The van der Waals surface area contributed by atoms with Gasteiger partial charge in [-0.3, -0.25) is 0 Å². The van der Waals surface area contributed by atoms with Crippen LogP contribution in [0.3, 0.4) is 0 Å². The molecule has 0 amide bonds. The Morgan fingerprint density at radius 1 is 1.45 bits per heavy atom. The molecule has 0 bridgehead atoms. The highest BCUT2D eigenvalue weighted by Gasteiger charge is 2.55. The van der Waals surface area contributed by atoms with E-state index in [-0.39, 0.29) is 11.4 Å². The van der Waals surface area contributed by atoms with Gasteiger partial charge >= 0.3 is 0 Å². The summed E-state index contributed by atoms with van der Waals surface area (Å²) >= 11 is 0. The van der Waals surface area contributed by atoms with Gasteiger partial charge in [-0.05, 0) is 37.8 Å². The highest BCUT2D eigenvalue weighted by atomic mass is 32.2. The number of anilines is 1. The number of ether oxygens (including phenoxy) is 1. The SMILES string of the molecule is CCS(=O)(=O)N1CC2(C1)OCC[C@@H]2CCNc1ccccn1. The molecule has 0 unspecified atom stereocenters. The predicted molar refractivity (Wildman–Crippen MR) is 85.2 cm³/mol. The Morgan fingerprint density at radius 2 is 2.27 bits per heavy atom. The molecule has 1 aromatic heterocycles. The summed E-state index contributed by atoms with van der Waals surface area (Å²) in [5.41, 5.74) is -0.256. The maximum atomic E-state index is 11.9. The molecular weight excluding hydrogens is 302 g/mol. The highest BCUT2D eigenvalue weighted by molar-refractivity contribution is 7.89. The van der Waals surface area contributed by atoms with Crippen molar-refractivity contribution in [2.75, 3.05) is 37.3 Å². The van der Waals surface area contributed by atoms with Crippen molar-refractivity contribution in [2.24, 2.45) is 5.92 Å². The van der Waals surface area contributed by atoms with E-state index < -0.39 is 10.0 Å². The van der Waals surface area contributed by atoms with Crippen LogP contribution in [-0.4, -0.2) is 55.3 Å². The molecule has 2 aliphatic heterocycles. The summed E-state index contributed by atoms with van der Waals surface area (Å²) in [5.74, 6) is 1.45. The van der Waals surface area contributed by atoms with Crippen molar-refractivity contribution in [2.45, 2.75) is 25.4 Å². The Balaban J connectivity index is 1.52. The fourth-order valence-electron chi connectivity index (χ4n) is 3.31. The summed E-state index contributed by atoms with van der Waals surface area (Å²) in [6.45, 7) is 4.26. The van der Waals surface area contributed by atoms with Crippen molar-refractivity contribution < 1.29 is 13.2 Å². The topological polar surface area (TPSA) is 71.5 Å². The van der Waals surface area contributed by atoms with Gasteiger partial charge in [0.05, 0.1) is 11.4 Å². The minimum Gasteiger partial charge on any atom is -0.372 e. The number of sulfonamides is 1. The molecule has 1 N–H and O–H groups in total. The molecule has 2 aliphatic rings. The van der Waals surface area contributed by atoms with Crippen molar-refractivity contribution >= 4 is 15.8 Å². The lowest BCUT2D eigenvalue weighted by Gasteiger charge is -2.49. The van der Waals surface area contributed by atoms with E-state index in [9.17, 15) is 8.42 Å². The van der Waals surface area contributed by atoms with E-state index in [4.69, 9.17) is 4.74 Å². The van der Waals surface area contributed by atoms with E-state index in [2.05, 4.69) is 10.3 Å². The molecule has 0 aliphatic carbocycles. The van der Waals surface area contributed by atoms with Crippen LogP contribution in [-0.2, 0) is 14.8 Å². The van der Waals surface area contributed by atoms with Crippen molar-refractivity contribution in [3.05, 3.63) is 24.4 Å². The largest absolute Gasteiger partial charge is 0.372 e. The first-order valence-corrected chi connectivity index (χ1v) is 9.43. The molecule has 3 rings (SSSR count). The first kappa shape index (κ1) is 15.7. The highest BCUT2D eigenvalue weighted by Crippen LogP contribution is 2.42. The standard InChI is InChI=1S/C15H23N3O3S/c1-2-22(19,20)18-11-15(12-18)13(7-10-21-15)6-9-17-14-5-3-4-8-16-14/h3-5,8,13H,2,6-7,9-12H2,1H3,(H,16,17)/t13-/m0/s1. The van der Waals surface area contributed by atoms with Crippen LogP contribution in [0.15, 0.2) is 24.4 Å². The lowest BCUT2D eigenvalue weighted by atomic mass is 9.80. The van der Waals surface area contributed by atoms with Gasteiger partial charge in [-0.15, -0.1) is 0 Å². The molecule has 122 valence electrons. The van der Waals surface area contributed by atoms with E-state index in [1.807, 2.05) is 18.2 Å². The average molecular weight is 325 g/mol. The Kier molecular flexibility index (Phi) is 4.38. The average Bonchev–Trinajstić information content (AvgIpc) is 2.91. The molecule has 0 aromatic carbocycles. The number of aromatic nitrogens is 1. The van der Waals surface area contributed by atoms with Crippen LogP contribution in [0.5, 0.6) is 0 Å². The van der Waals surface area contributed by atoms with E-state index in [1.54, 1.807) is 17.4 Å². The summed E-state index contributed by atoms with van der Waals surface area (Å²) in [6, 6.07) is 5.79. The van der Waals surface area contributed by atoms with Crippen molar-refractivity contribution in [3.8, 4) is 0 Å². The van der Waals surface area contributed by atoms with Gasteiger partial charge in [-0.1, -0.05) is 6.07 Å². The van der Waals surface area contributed by atoms with Gasteiger partial charge in [0.2, 0.25) is 10.0 Å². The maximum absolute atomic E-state index is 11.9. The zero-order valence-electron chi connectivity index (χ0n) is 12.9. The van der Waals surface area contributed by atoms with Crippen LogP contribution in [0, 0.1) is 5.92 Å². The third-order valence-corrected chi connectivity index (χ3v) is 6.48. The molecule has 7 heteroatoms. The molecule has 3 heterocycles. The summed E-state index contributed by atoms with van der Waals surface area (Å²) in [5, 5.41) is 3.31. The van der Waals surface area contributed by atoms with Crippen molar-refractivity contribution in [1.82, 2.24) is 9.29 Å². The normalized spacial score (nSPS) is 24.3. The Hall–Kier alpha value is -1.18. The molecule has 0 saturated carbocycles. The lowest BCUT2D eigenvalue weighted by Crippen LogP contribution is -2.66. The zero-order chi connectivity index (χ0) is 15.6. The van der Waals surface area contributed by atoms with Crippen molar-refractivity contribution in [3.63, 3.8) is 0 Å². The molecule has 0 radical (unpaired) electrons. The number of hydrogen-bond acceptors (Lipinski definition) is 5. The molecular formula is C15H23N3O3S. The number of hydrogen-bond donors (Lipinski definition) is 1. The number of pyridine rings is 1. The summed E-state index contributed by atoms with van der Waals surface area (Å²) in [7, 11) is -3.08. The number of nitrogens with one attached hydrogen (secondary N) is 1. The second-order valence-corrected chi connectivity index (χ2v) is 8.26. The Bertz CT molecular complexity index is 600. The quantitative estimate of drug-likeness (QED) is 0.854. The van der Waals surface area contributed by atoms with Gasteiger partial charge in [0.1, 0.15) is 5.82 Å². The van der Waals surface area contributed by atoms with E-state index in [0.29, 0.717) is 19.0 Å². The third-order valence-electron chi connectivity index (χ3n) is 4.71. The number of rotatable bonds is 6. The van der Waals surface area contributed by atoms with Crippen LogP contribution >= 0.6 is 0 Å². The molecule has 1 spiro atoms. The minimum atomic E-state index is -3.08.